The van der Waals surface area contributed by atoms with E-state index in [1.54, 1.807) is 0 Å². The van der Waals surface area contributed by atoms with Crippen molar-refractivity contribution in [2.45, 2.75) is 32.6 Å². The van der Waals surface area contributed by atoms with E-state index in [0.717, 1.165) is 23.0 Å². The van der Waals surface area contributed by atoms with E-state index in [2.05, 4.69) is 46.2 Å². The topological polar surface area (TPSA) is 43.8 Å². The number of halogens is 1. The number of nitrogen functional groups attached to an aromatic ring is 1. The van der Waals surface area contributed by atoms with Crippen molar-refractivity contribution in [1.29, 1.82) is 0 Å². The van der Waals surface area contributed by atoms with Crippen molar-refractivity contribution in [3.63, 3.8) is 0 Å². The normalized spacial score (nSPS) is 14.6. The van der Waals surface area contributed by atoms with Crippen LogP contribution in [-0.4, -0.2) is 9.78 Å². The lowest BCUT2D eigenvalue weighted by molar-refractivity contribution is 0.653. The van der Waals surface area contributed by atoms with Gasteiger partial charge >= 0.3 is 0 Å². The van der Waals surface area contributed by atoms with Crippen LogP contribution >= 0.6 is 15.9 Å². The Balaban J connectivity index is 2.14. The monoisotopic (exact) mass is 305 g/mol. The first-order valence-electron chi connectivity index (χ1n) is 6.29. The molecule has 1 aromatic carbocycles. The Labute approximate surface area is 115 Å². The average Bonchev–Trinajstić information content (AvgIpc) is 2.71. The van der Waals surface area contributed by atoms with E-state index in [-0.39, 0.29) is 0 Å². The Morgan fingerprint density at radius 2 is 2.06 bits per heavy atom. The van der Waals surface area contributed by atoms with Crippen LogP contribution in [0.25, 0.3) is 5.69 Å². The number of fused-ring (bicyclic) bond motifs is 1. The summed E-state index contributed by atoms with van der Waals surface area (Å²) in [5.41, 5.74) is 10.9. The maximum absolute atomic E-state index is 6.03. The minimum absolute atomic E-state index is 0.699. The second kappa shape index (κ2) is 4.43. The highest BCUT2D eigenvalue weighted by molar-refractivity contribution is 9.10. The molecule has 0 aliphatic heterocycles. The van der Waals surface area contributed by atoms with Gasteiger partial charge in [0.05, 0.1) is 5.69 Å². The lowest BCUT2D eigenvalue weighted by atomic mass is 9.97. The predicted molar refractivity (Wildman–Crippen MR) is 77.1 cm³/mol. The summed E-state index contributed by atoms with van der Waals surface area (Å²) in [6, 6.07) is 6.29. The molecule has 3 rings (SSSR count). The van der Waals surface area contributed by atoms with Gasteiger partial charge in [-0.25, -0.2) is 4.68 Å². The lowest BCUT2D eigenvalue weighted by Crippen LogP contribution is -2.08. The first kappa shape index (κ1) is 11.8. The Morgan fingerprint density at radius 1 is 1.28 bits per heavy atom. The molecular formula is C14H16BrN3. The zero-order valence-electron chi connectivity index (χ0n) is 10.4. The van der Waals surface area contributed by atoms with Crippen molar-refractivity contribution in [1.82, 2.24) is 9.78 Å². The molecule has 0 spiro atoms. The summed E-state index contributed by atoms with van der Waals surface area (Å²) in [7, 11) is 0. The lowest BCUT2D eigenvalue weighted by Gasteiger charge is -2.14. The average molecular weight is 306 g/mol. The third-order valence-electron chi connectivity index (χ3n) is 3.60. The maximum atomic E-state index is 6.03. The minimum Gasteiger partial charge on any atom is -0.382 e. The molecule has 2 N–H and O–H groups in total. The van der Waals surface area contributed by atoms with Crippen LogP contribution in [-0.2, 0) is 12.8 Å². The van der Waals surface area contributed by atoms with E-state index in [0.29, 0.717) is 5.82 Å². The minimum atomic E-state index is 0.699. The highest BCUT2D eigenvalue weighted by Gasteiger charge is 2.20. The van der Waals surface area contributed by atoms with Gasteiger partial charge in [-0.05, 0) is 56.4 Å². The molecule has 0 saturated heterocycles. The number of hydrogen-bond donors (Lipinski definition) is 1. The number of aromatic nitrogens is 2. The molecule has 0 atom stereocenters. The van der Waals surface area contributed by atoms with E-state index < -0.39 is 0 Å². The van der Waals surface area contributed by atoms with E-state index in [1.807, 2.05) is 4.68 Å². The van der Waals surface area contributed by atoms with Crippen LogP contribution in [0.3, 0.4) is 0 Å². The largest absolute Gasteiger partial charge is 0.382 e. The van der Waals surface area contributed by atoms with E-state index in [1.165, 1.54) is 29.7 Å². The summed E-state index contributed by atoms with van der Waals surface area (Å²) in [4.78, 5) is 0. The fraction of sp³-hybridized carbons (Fsp3) is 0.357. The van der Waals surface area contributed by atoms with Crippen molar-refractivity contribution in [3.05, 3.63) is 39.5 Å². The van der Waals surface area contributed by atoms with Crippen molar-refractivity contribution < 1.29 is 0 Å². The molecule has 0 bridgehead atoms. The van der Waals surface area contributed by atoms with E-state index >= 15 is 0 Å². The van der Waals surface area contributed by atoms with Gasteiger partial charge in [-0.15, -0.1) is 0 Å². The quantitative estimate of drug-likeness (QED) is 0.877. The fourth-order valence-corrected chi connectivity index (χ4v) is 2.85. The van der Waals surface area contributed by atoms with Gasteiger partial charge in [0.15, 0.2) is 0 Å². The fourth-order valence-electron chi connectivity index (χ4n) is 2.60. The molecule has 1 heterocycles. The van der Waals surface area contributed by atoms with E-state index in [9.17, 15) is 0 Å². The number of nitrogens with zero attached hydrogens (tertiary/aromatic N) is 2. The molecule has 1 aromatic heterocycles. The third kappa shape index (κ3) is 1.85. The number of aryl methyl sites for hydroxylation is 1. The van der Waals surface area contributed by atoms with Gasteiger partial charge in [-0.3, -0.25) is 0 Å². The summed E-state index contributed by atoms with van der Waals surface area (Å²) in [5.74, 6) is 0.699. The van der Waals surface area contributed by atoms with Gasteiger partial charge in [0, 0.05) is 15.7 Å². The first-order valence-corrected chi connectivity index (χ1v) is 7.09. The van der Waals surface area contributed by atoms with Gasteiger partial charge in [0.25, 0.3) is 0 Å². The zero-order valence-corrected chi connectivity index (χ0v) is 12.0. The molecule has 0 amide bonds. The van der Waals surface area contributed by atoms with Gasteiger partial charge in [-0.1, -0.05) is 15.9 Å². The molecule has 94 valence electrons. The molecule has 3 nitrogen and oxygen atoms in total. The van der Waals surface area contributed by atoms with Crippen LogP contribution in [0.15, 0.2) is 22.7 Å². The SMILES string of the molecule is Cc1cc(-n2nc(N)c3c2CCCC3)ccc1Br. The molecule has 0 unspecified atom stereocenters. The number of benzene rings is 1. The Morgan fingerprint density at radius 3 is 2.83 bits per heavy atom. The second-order valence-electron chi connectivity index (χ2n) is 4.86. The van der Waals surface area contributed by atoms with Crippen molar-refractivity contribution >= 4 is 21.7 Å². The summed E-state index contributed by atoms with van der Waals surface area (Å²) in [6.45, 7) is 2.09. The molecule has 2 aromatic rings. The van der Waals surface area contributed by atoms with Crippen molar-refractivity contribution in [3.8, 4) is 5.69 Å². The molecule has 0 saturated carbocycles. The summed E-state index contributed by atoms with van der Waals surface area (Å²) >= 11 is 3.53. The van der Waals surface area contributed by atoms with Gasteiger partial charge < -0.3 is 5.73 Å². The van der Waals surface area contributed by atoms with Crippen LogP contribution in [0.5, 0.6) is 0 Å². The molecule has 1 aliphatic carbocycles. The summed E-state index contributed by atoms with van der Waals surface area (Å²) < 4.78 is 3.14. The molecular weight excluding hydrogens is 290 g/mol. The maximum Gasteiger partial charge on any atom is 0.149 e. The van der Waals surface area contributed by atoms with Crippen LogP contribution in [0.4, 0.5) is 5.82 Å². The van der Waals surface area contributed by atoms with Crippen molar-refractivity contribution in [2.24, 2.45) is 0 Å². The Hall–Kier alpha value is -1.29. The van der Waals surface area contributed by atoms with Crippen molar-refractivity contribution in [2.75, 3.05) is 5.73 Å². The predicted octanol–water partition coefficient (Wildman–Crippen LogP) is 3.40. The number of nitrogens with two attached hydrogens (primary N) is 1. The van der Waals surface area contributed by atoms with Gasteiger partial charge in [0.1, 0.15) is 5.82 Å². The molecule has 0 fully saturated rings. The number of hydrogen-bond acceptors (Lipinski definition) is 2. The van der Waals surface area contributed by atoms with Crippen LogP contribution in [0.1, 0.15) is 29.7 Å². The third-order valence-corrected chi connectivity index (χ3v) is 4.49. The highest BCUT2D eigenvalue weighted by Crippen LogP contribution is 2.29. The second-order valence-corrected chi connectivity index (χ2v) is 5.72. The summed E-state index contributed by atoms with van der Waals surface area (Å²) in [5, 5.41) is 4.51. The van der Waals surface area contributed by atoms with Gasteiger partial charge in [-0.2, -0.15) is 5.10 Å². The van der Waals surface area contributed by atoms with Gasteiger partial charge in [0.2, 0.25) is 0 Å². The highest BCUT2D eigenvalue weighted by atomic mass is 79.9. The standard InChI is InChI=1S/C14H16BrN3/c1-9-8-10(6-7-12(9)15)18-13-5-3-2-4-11(13)14(16)17-18/h6-8H,2-5H2,1H3,(H2,16,17). The molecule has 0 radical (unpaired) electrons. The smallest absolute Gasteiger partial charge is 0.149 e. The Bertz CT molecular complexity index is 601. The summed E-state index contributed by atoms with van der Waals surface area (Å²) in [6.07, 6.45) is 4.60. The first-order chi connectivity index (χ1) is 8.66. The van der Waals surface area contributed by atoms with Crippen LogP contribution < -0.4 is 5.73 Å². The Kier molecular flexibility index (Phi) is 2.90. The zero-order chi connectivity index (χ0) is 12.7. The molecule has 1 aliphatic rings. The molecule has 4 heteroatoms. The number of rotatable bonds is 1. The number of anilines is 1. The van der Waals surface area contributed by atoms with E-state index in [4.69, 9.17) is 5.73 Å². The van der Waals surface area contributed by atoms with Crippen LogP contribution in [0, 0.1) is 6.92 Å². The van der Waals surface area contributed by atoms with Crippen LogP contribution in [0.2, 0.25) is 0 Å². The molecule has 18 heavy (non-hydrogen) atoms.